The van der Waals surface area contributed by atoms with E-state index in [0.29, 0.717) is 0 Å². The summed E-state index contributed by atoms with van der Waals surface area (Å²) in [7, 11) is 0. The van der Waals surface area contributed by atoms with Gasteiger partial charge in [0.2, 0.25) is 5.91 Å². The first-order valence-corrected chi connectivity index (χ1v) is 4.89. The predicted octanol–water partition coefficient (Wildman–Crippen LogP) is -0.467. The van der Waals surface area contributed by atoms with Crippen LogP contribution in [0.4, 0.5) is 0 Å². The Labute approximate surface area is 79.1 Å². The van der Waals surface area contributed by atoms with Gasteiger partial charge in [-0.1, -0.05) is 6.92 Å². The van der Waals surface area contributed by atoms with E-state index >= 15 is 0 Å². The lowest BCUT2D eigenvalue weighted by Gasteiger charge is -2.33. The second-order valence-corrected chi connectivity index (χ2v) is 3.29. The lowest BCUT2D eigenvalue weighted by Crippen LogP contribution is -2.48. The fourth-order valence-electron chi connectivity index (χ4n) is 1.57. The number of rotatable bonds is 3. The van der Waals surface area contributed by atoms with Gasteiger partial charge in [0, 0.05) is 32.6 Å². The minimum absolute atomic E-state index is 0.0349. The Balaban J connectivity index is 2.28. The molecule has 1 N–H and O–H groups in total. The van der Waals surface area contributed by atoms with E-state index in [0.717, 1.165) is 32.7 Å². The molecule has 0 radical (unpaired) electrons. The molecule has 0 aromatic carbocycles. The van der Waals surface area contributed by atoms with Crippen molar-refractivity contribution in [2.24, 2.45) is 0 Å². The minimum atomic E-state index is -0.0349. The Bertz CT molecular complexity index is 165. The molecule has 76 valence electrons. The third-order valence-corrected chi connectivity index (χ3v) is 2.50. The molecular formula is C9H18N2O2. The van der Waals surface area contributed by atoms with Crippen LogP contribution in [-0.4, -0.2) is 60.1 Å². The second-order valence-electron chi connectivity index (χ2n) is 3.29. The molecule has 1 aliphatic rings. The maximum Gasteiger partial charge on any atom is 0.224 e. The van der Waals surface area contributed by atoms with E-state index in [1.807, 2.05) is 4.90 Å². The maximum absolute atomic E-state index is 11.3. The van der Waals surface area contributed by atoms with Crippen molar-refractivity contribution in [1.82, 2.24) is 9.80 Å². The van der Waals surface area contributed by atoms with Crippen LogP contribution in [0.25, 0.3) is 0 Å². The van der Waals surface area contributed by atoms with Crippen LogP contribution in [0.15, 0.2) is 0 Å². The average Bonchev–Trinajstić information content (AvgIpc) is 2.18. The third kappa shape index (κ3) is 2.97. The van der Waals surface area contributed by atoms with Crippen molar-refractivity contribution in [3.05, 3.63) is 0 Å². The van der Waals surface area contributed by atoms with Gasteiger partial charge in [-0.05, 0) is 6.54 Å². The minimum Gasteiger partial charge on any atom is -0.396 e. The number of hydrogen-bond acceptors (Lipinski definition) is 3. The zero-order valence-electron chi connectivity index (χ0n) is 8.20. The van der Waals surface area contributed by atoms with Crippen molar-refractivity contribution in [1.29, 1.82) is 0 Å². The molecule has 0 spiro atoms. The van der Waals surface area contributed by atoms with Crippen LogP contribution in [0, 0.1) is 0 Å². The number of nitrogens with zero attached hydrogens (tertiary/aromatic N) is 2. The summed E-state index contributed by atoms with van der Waals surface area (Å²) in [5.74, 6) is 0.0817. The number of amides is 1. The Morgan fingerprint density at radius 3 is 2.38 bits per heavy atom. The molecule has 1 heterocycles. The van der Waals surface area contributed by atoms with Crippen LogP contribution >= 0.6 is 0 Å². The van der Waals surface area contributed by atoms with Gasteiger partial charge in [-0.15, -0.1) is 0 Å². The van der Waals surface area contributed by atoms with Crippen molar-refractivity contribution < 1.29 is 9.90 Å². The number of carbonyl (C=O) groups excluding carboxylic acids is 1. The summed E-state index contributed by atoms with van der Waals surface area (Å²) in [5, 5.41) is 8.61. The fraction of sp³-hybridized carbons (Fsp3) is 0.889. The predicted molar refractivity (Wildman–Crippen MR) is 50.4 cm³/mol. The van der Waals surface area contributed by atoms with Crippen molar-refractivity contribution in [3.63, 3.8) is 0 Å². The van der Waals surface area contributed by atoms with Gasteiger partial charge in [0.05, 0.1) is 6.61 Å². The smallest absolute Gasteiger partial charge is 0.224 e. The highest BCUT2D eigenvalue weighted by Gasteiger charge is 2.18. The largest absolute Gasteiger partial charge is 0.396 e. The molecule has 4 nitrogen and oxygen atoms in total. The molecular weight excluding hydrogens is 168 g/mol. The van der Waals surface area contributed by atoms with Gasteiger partial charge in [0.15, 0.2) is 0 Å². The summed E-state index contributed by atoms with van der Waals surface area (Å²) in [6.45, 7) is 6.71. The monoisotopic (exact) mass is 186 g/mol. The quantitative estimate of drug-likeness (QED) is 0.648. The number of likely N-dealkylation sites (N-methyl/N-ethyl adjacent to an activating group) is 1. The first-order chi connectivity index (χ1) is 6.27. The third-order valence-electron chi connectivity index (χ3n) is 2.50. The number of aliphatic hydroxyl groups is 1. The van der Waals surface area contributed by atoms with Crippen molar-refractivity contribution in [2.75, 3.05) is 39.3 Å². The highest BCUT2D eigenvalue weighted by molar-refractivity contribution is 5.76. The molecule has 0 saturated carbocycles. The number of carbonyl (C=O) groups is 1. The van der Waals surface area contributed by atoms with Gasteiger partial charge in [0.1, 0.15) is 0 Å². The summed E-state index contributed by atoms with van der Waals surface area (Å²) in [6.07, 6.45) is 0.270. The van der Waals surface area contributed by atoms with E-state index in [1.54, 1.807) is 0 Å². The van der Waals surface area contributed by atoms with Gasteiger partial charge >= 0.3 is 0 Å². The van der Waals surface area contributed by atoms with Crippen molar-refractivity contribution >= 4 is 5.91 Å². The maximum atomic E-state index is 11.3. The normalized spacial score (nSPS) is 19.1. The van der Waals surface area contributed by atoms with E-state index in [2.05, 4.69) is 11.8 Å². The van der Waals surface area contributed by atoms with Crippen LogP contribution in [-0.2, 0) is 4.79 Å². The summed E-state index contributed by atoms with van der Waals surface area (Å²) in [4.78, 5) is 15.5. The molecule has 1 amide bonds. The molecule has 0 aliphatic carbocycles. The molecule has 4 heteroatoms. The van der Waals surface area contributed by atoms with Gasteiger partial charge in [-0.2, -0.15) is 0 Å². The van der Waals surface area contributed by atoms with E-state index in [9.17, 15) is 4.79 Å². The van der Waals surface area contributed by atoms with Crippen LogP contribution in [0.2, 0.25) is 0 Å². The fourth-order valence-corrected chi connectivity index (χ4v) is 1.57. The van der Waals surface area contributed by atoms with Gasteiger partial charge < -0.3 is 14.9 Å². The summed E-state index contributed by atoms with van der Waals surface area (Å²) < 4.78 is 0. The standard InChI is InChI=1S/C9H18N2O2/c1-2-10-4-6-11(7-5-10)9(13)3-8-12/h12H,2-8H2,1H3. The second kappa shape index (κ2) is 5.19. The van der Waals surface area contributed by atoms with E-state index in [1.165, 1.54) is 0 Å². The van der Waals surface area contributed by atoms with E-state index in [4.69, 9.17) is 5.11 Å². The molecule has 0 aromatic rings. The summed E-state index contributed by atoms with van der Waals surface area (Å²) >= 11 is 0. The Morgan fingerprint density at radius 2 is 1.92 bits per heavy atom. The van der Waals surface area contributed by atoms with E-state index < -0.39 is 0 Å². The molecule has 0 unspecified atom stereocenters. The first kappa shape index (κ1) is 10.5. The summed E-state index contributed by atoms with van der Waals surface area (Å²) in [5.41, 5.74) is 0. The lowest BCUT2D eigenvalue weighted by molar-refractivity contribution is -0.133. The van der Waals surface area contributed by atoms with Gasteiger partial charge in [0.25, 0.3) is 0 Å². The van der Waals surface area contributed by atoms with E-state index in [-0.39, 0.29) is 18.9 Å². The van der Waals surface area contributed by atoms with Gasteiger partial charge in [-0.3, -0.25) is 4.79 Å². The number of piperazine rings is 1. The summed E-state index contributed by atoms with van der Waals surface area (Å²) in [6, 6.07) is 0. The molecule has 1 aliphatic heterocycles. The Kier molecular flexibility index (Phi) is 4.18. The molecule has 0 atom stereocenters. The Hall–Kier alpha value is -0.610. The SMILES string of the molecule is CCN1CCN(C(=O)CCO)CC1. The molecule has 0 aromatic heterocycles. The topological polar surface area (TPSA) is 43.8 Å². The zero-order chi connectivity index (χ0) is 9.68. The highest BCUT2D eigenvalue weighted by atomic mass is 16.3. The zero-order valence-corrected chi connectivity index (χ0v) is 8.20. The molecule has 13 heavy (non-hydrogen) atoms. The lowest BCUT2D eigenvalue weighted by atomic mass is 10.3. The first-order valence-electron chi connectivity index (χ1n) is 4.89. The average molecular weight is 186 g/mol. The van der Waals surface area contributed by atoms with Crippen LogP contribution in [0.3, 0.4) is 0 Å². The Morgan fingerprint density at radius 1 is 1.31 bits per heavy atom. The highest BCUT2D eigenvalue weighted by Crippen LogP contribution is 2.02. The molecule has 1 fully saturated rings. The molecule has 0 bridgehead atoms. The number of aliphatic hydroxyl groups excluding tert-OH is 1. The van der Waals surface area contributed by atoms with Crippen LogP contribution in [0.1, 0.15) is 13.3 Å². The van der Waals surface area contributed by atoms with Crippen molar-refractivity contribution in [2.45, 2.75) is 13.3 Å². The van der Waals surface area contributed by atoms with Crippen LogP contribution < -0.4 is 0 Å². The van der Waals surface area contributed by atoms with Gasteiger partial charge in [-0.25, -0.2) is 0 Å². The van der Waals surface area contributed by atoms with Crippen molar-refractivity contribution in [3.8, 4) is 0 Å². The molecule has 1 rings (SSSR count). The number of hydrogen-bond donors (Lipinski definition) is 1. The molecule has 1 saturated heterocycles. The van der Waals surface area contributed by atoms with Crippen LogP contribution in [0.5, 0.6) is 0 Å².